The highest BCUT2D eigenvalue weighted by Crippen LogP contribution is 2.17. The molecule has 0 saturated heterocycles. The lowest BCUT2D eigenvalue weighted by Crippen LogP contribution is -2.52. The summed E-state index contributed by atoms with van der Waals surface area (Å²) < 4.78 is 12.7. The second-order valence-electron chi connectivity index (χ2n) is 6.46. The predicted octanol–water partition coefficient (Wildman–Crippen LogP) is 2.72. The van der Waals surface area contributed by atoms with Crippen molar-refractivity contribution in [3.63, 3.8) is 0 Å². The summed E-state index contributed by atoms with van der Waals surface area (Å²) in [5.41, 5.74) is 0. The van der Waals surface area contributed by atoms with Crippen molar-refractivity contribution < 1.29 is 19.1 Å². The molecule has 7 heteroatoms. The number of carbonyl (C=O) groups is 2. The fraction of sp³-hybridized carbons (Fsp3) is 0.625. The minimum atomic E-state index is -1.35. The third-order valence-electron chi connectivity index (χ3n) is 3.79. The molecule has 0 rings (SSSR count). The maximum atomic E-state index is 11.1. The molecule has 0 aromatic carbocycles. The zero-order valence-corrected chi connectivity index (χ0v) is 17.1. The Kier molecular flexibility index (Phi) is 10.8. The number of ether oxygens (including phenoxy) is 2. The van der Waals surface area contributed by atoms with Crippen LogP contribution in [0.4, 0.5) is 0 Å². The van der Waals surface area contributed by atoms with Crippen molar-refractivity contribution in [2.45, 2.75) is 44.6 Å². The molecule has 0 atom stereocenters. The highest BCUT2D eigenvalue weighted by atomic mass is 28.4. The zero-order chi connectivity index (χ0) is 17.9. The third-order valence-corrected chi connectivity index (χ3v) is 12.6. The molecular formula is C16H31NO4Si2. The van der Waals surface area contributed by atoms with E-state index in [0.29, 0.717) is 13.2 Å². The summed E-state index contributed by atoms with van der Waals surface area (Å²) in [5.74, 6) is -0.726. The van der Waals surface area contributed by atoms with Crippen LogP contribution < -0.4 is 0 Å². The molecule has 0 unspecified atom stereocenters. The average Bonchev–Trinajstić information content (AvgIpc) is 2.50. The number of carbonyl (C=O) groups excluding carboxylic acids is 2. The average molecular weight is 358 g/mol. The van der Waals surface area contributed by atoms with Crippen LogP contribution in [0.15, 0.2) is 25.3 Å². The lowest BCUT2D eigenvalue weighted by molar-refractivity contribution is -0.138. The van der Waals surface area contributed by atoms with E-state index in [0.717, 1.165) is 24.9 Å². The molecule has 0 saturated carbocycles. The predicted molar refractivity (Wildman–Crippen MR) is 99.4 cm³/mol. The van der Waals surface area contributed by atoms with E-state index in [-0.39, 0.29) is 11.9 Å². The molecule has 0 fully saturated rings. The van der Waals surface area contributed by atoms with Crippen LogP contribution in [0.2, 0.25) is 31.7 Å². The van der Waals surface area contributed by atoms with Gasteiger partial charge in [0.25, 0.3) is 0 Å². The molecule has 0 aromatic rings. The summed E-state index contributed by atoms with van der Waals surface area (Å²) in [7, 11) is -0.273. The molecule has 0 heterocycles. The number of nitrogens with zero attached hydrogens (tertiary/aromatic N) is 1. The van der Waals surface area contributed by atoms with Crippen LogP contribution >= 0.6 is 0 Å². The van der Waals surface area contributed by atoms with Crippen molar-refractivity contribution in [2.24, 2.45) is 0 Å². The van der Waals surface area contributed by atoms with Gasteiger partial charge in [-0.1, -0.05) is 32.8 Å². The molecule has 5 nitrogen and oxygen atoms in total. The number of hydrogen-bond donors (Lipinski definition) is 0. The highest BCUT2D eigenvalue weighted by Gasteiger charge is 2.27. The van der Waals surface area contributed by atoms with Crippen molar-refractivity contribution in [1.82, 2.24) is 4.23 Å². The molecule has 23 heavy (non-hydrogen) atoms. The molecule has 0 aromatic heterocycles. The van der Waals surface area contributed by atoms with E-state index in [1.54, 1.807) is 0 Å². The van der Waals surface area contributed by atoms with Crippen LogP contribution in [-0.4, -0.2) is 53.6 Å². The van der Waals surface area contributed by atoms with Crippen molar-refractivity contribution >= 4 is 29.1 Å². The van der Waals surface area contributed by atoms with Gasteiger partial charge in [0.15, 0.2) is 0 Å². The Morgan fingerprint density at radius 3 is 1.70 bits per heavy atom. The van der Waals surface area contributed by atoms with Crippen molar-refractivity contribution in [1.29, 1.82) is 0 Å². The smallest absolute Gasteiger partial charge is 0.330 e. The molecule has 132 valence electrons. The summed E-state index contributed by atoms with van der Waals surface area (Å²) in [6.07, 6.45) is 4.13. The normalized spacial score (nSPS) is 11.4. The van der Waals surface area contributed by atoms with E-state index in [9.17, 15) is 9.59 Å². The van der Waals surface area contributed by atoms with Crippen LogP contribution in [-0.2, 0) is 19.1 Å². The standard InChI is InChI=1S/C16H31NO4Si2/c1-7-15(18)20-11-9-13-22(17(3)23(4,5)6)14-10-12-21-16(19)8-2/h7-8,22H,1-2,9-14H2,3-6H3. The van der Waals surface area contributed by atoms with E-state index in [1.165, 1.54) is 12.2 Å². The van der Waals surface area contributed by atoms with Crippen LogP contribution in [0, 0.1) is 0 Å². The first-order valence-corrected chi connectivity index (χ1v) is 13.6. The van der Waals surface area contributed by atoms with Gasteiger partial charge in [0, 0.05) is 12.2 Å². The van der Waals surface area contributed by atoms with Crippen LogP contribution in [0.1, 0.15) is 12.8 Å². The van der Waals surface area contributed by atoms with E-state index >= 15 is 0 Å². The second-order valence-corrected chi connectivity index (χ2v) is 15.3. The Hall–Kier alpha value is -1.19. The van der Waals surface area contributed by atoms with Gasteiger partial charge < -0.3 is 13.7 Å². The molecule has 0 aliphatic rings. The van der Waals surface area contributed by atoms with Crippen molar-refractivity contribution in [2.75, 3.05) is 20.3 Å². The van der Waals surface area contributed by atoms with Crippen LogP contribution in [0.3, 0.4) is 0 Å². The molecule has 0 aliphatic carbocycles. The Balaban J connectivity index is 4.34. The first-order valence-electron chi connectivity index (χ1n) is 8.03. The molecule has 0 amide bonds. The SMILES string of the molecule is C=CC(=O)OCCC[SiH](CCCOC(=O)C=C)N(C)[Si](C)(C)C. The Morgan fingerprint density at radius 1 is 1.00 bits per heavy atom. The van der Waals surface area contributed by atoms with Gasteiger partial charge in [-0.3, -0.25) is 0 Å². The largest absolute Gasteiger partial charge is 0.463 e. The molecular weight excluding hydrogens is 326 g/mol. The summed E-state index contributed by atoms with van der Waals surface area (Å²) in [5, 5.41) is 0. The van der Waals surface area contributed by atoms with E-state index in [2.05, 4.69) is 44.1 Å². The number of rotatable bonds is 12. The Morgan fingerprint density at radius 2 is 1.39 bits per heavy atom. The van der Waals surface area contributed by atoms with Crippen molar-refractivity contribution in [3.05, 3.63) is 25.3 Å². The summed E-state index contributed by atoms with van der Waals surface area (Å²) in [6, 6.07) is 2.17. The molecule has 0 N–H and O–H groups in total. The fourth-order valence-electron chi connectivity index (χ4n) is 2.18. The lowest BCUT2D eigenvalue weighted by Gasteiger charge is -2.37. The molecule has 0 bridgehead atoms. The maximum absolute atomic E-state index is 11.1. The minimum Gasteiger partial charge on any atom is -0.463 e. The highest BCUT2D eigenvalue weighted by molar-refractivity contribution is 6.83. The van der Waals surface area contributed by atoms with Gasteiger partial charge in [-0.25, -0.2) is 9.59 Å². The van der Waals surface area contributed by atoms with Gasteiger partial charge in [-0.2, -0.15) is 0 Å². The number of esters is 2. The first-order chi connectivity index (χ1) is 10.7. The molecule has 0 aliphatic heterocycles. The van der Waals surface area contributed by atoms with Crippen LogP contribution in [0.5, 0.6) is 0 Å². The van der Waals surface area contributed by atoms with E-state index < -0.39 is 17.2 Å². The van der Waals surface area contributed by atoms with Gasteiger partial charge in [-0.05, 0) is 32.0 Å². The van der Waals surface area contributed by atoms with E-state index in [1.807, 2.05) is 0 Å². The zero-order valence-electron chi connectivity index (χ0n) is 15.0. The first kappa shape index (κ1) is 21.8. The third kappa shape index (κ3) is 10.2. The maximum Gasteiger partial charge on any atom is 0.330 e. The minimum absolute atomic E-state index is 0.363. The van der Waals surface area contributed by atoms with Gasteiger partial charge in [-0.15, -0.1) is 0 Å². The van der Waals surface area contributed by atoms with Crippen LogP contribution in [0.25, 0.3) is 0 Å². The summed E-state index contributed by atoms with van der Waals surface area (Å²) in [4.78, 5) is 22.1. The van der Waals surface area contributed by atoms with Gasteiger partial charge in [0.05, 0.1) is 13.2 Å². The van der Waals surface area contributed by atoms with Gasteiger partial charge in [0.1, 0.15) is 17.2 Å². The summed E-state index contributed by atoms with van der Waals surface area (Å²) >= 11 is 0. The van der Waals surface area contributed by atoms with Crippen molar-refractivity contribution in [3.8, 4) is 0 Å². The monoisotopic (exact) mass is 357 g/mol. The quantitative estimate of drug-likeness (QED) is 0.233. The van der Waals surface area contributed by atoms with Gasteiger partial charge in [0.2, 0.25) is 0 Å². The molecule has 0 radical (unpaired) electrons. The van der Waals surface area contributed by atoms with Gasteiger partial charge >= 0.3 is 11.9 Å². The lowest BCUT2D eigenvalue weighted by atomic mass is 10.5. The number of hydrogen-bond acceptors (Lipinski definition) is 5. The topological polar surface area (TPSA) is 55.8 Å². The van der Waals surface area contributed by atoms with E-state index in [4.69, 9.17) is 9.47 Å². The second kappa shape index (κ2) is 11.4. The molecule has 0 spiro atoms. The summed E-state index contributed by atoms with van der Waals surface area (Å²) in [6.45, 7) is 14.7. The Labute approximate surface area is 143 Å². The Bertz CT molecular complexity index is 379. The fourth-order valence-corrected chi connectivity index (χ4v) is 9.68.